The van der Waals surface area contributed by atoms with Crippen LogP contribution in [0.4, 0.5) is 4.79 Å². The van der Waals surface area contributed by atoms with Gasteiger partial charge in [-0.15, -0.1) is 0 Å². The van der Waals surface area contributed by atoms with Crippen LogP contribution in [0, 0.1) is 34.0 Å². The molecule has 3 aliphatic rings. The van der Waals surface area contributed by atoms with Gasteiger partial charge in [0, 0.05) is 12.6 Å². The van der Waals surface area contributed by atoms with E-state index in [9.17, 15) is 32.4 Å². The Hall–Kier alpha value is -3.48. The summed E-state index contributed by atoms with van der Waals surface area (Å²) in [6, 6.07) is 3.48. The molecule has 3 fully saturated rings. The smallest absolute Gasteiger partial charge is 0.315 e. The van der Waals surface area contributed by atoms with Crippen LogP contribution in [-0.2, 0) is 29.0 Å². The van der Waals surface area contributed by atoms with Crippen LogP contribution in [-0.4, -0.2) is 79.3 Å². The summed E-state index contributed by atoms with van der Waals surface area (Å²) in [6.45, 7) is 15.2. The Morgan fingerprint density at radius 1 is 0.936 bits per heavy atom. The lowest BCUT2D eigenvalue weighted by Crippen LogP contribution is -2.62. The fraction of sp³-hybridized carbons (Fsp3) is 0.676. The first-order chi connectivity index (χ1) is 21.6. The lowest BCUT2D eigenvalue weighted by molar-refractivity contribution is -0.145. The van der Waals surface area contributed by atoms with Gasteiger partial charge >= 0.3 is 6.03 Å². The maximum Gasteiger partial charge on any atom is 0.315 e. The number of piperidine rings is 1. The Labute approximate surface area is 278 Å². The quantitative estimate of drug-likeness (QED) is 0.246. The molecule has 0 radical (unpaired) electrons. The van der Waals surface area contributed by atoms with E-state index >= 15 is 0 Å². The number of hydrogen-bond donors (Lipinski definition) is 4. The predicted molar refractivity (Wildman–Crippen MR) is 176 cm³/mol. The van der Waals surface area contributed by atoms with Crippen molar-refractivity contribution in [3.63, 3.8) is 0 Å². The number of sulfone groups is 1. The number of Topliss-reactive ketones (excluding diaryl/α,β-unsaturated/α-hetero) is 1. The maximum atomic E-state index is 14.3. The van der Waals surface area contributed by atoms with Gasteiger partial charge < -0.3 is 26.6 Å². The molecule has 260 valence electrons. The third-order valence-electron chi connectivity index (χ3n) is 10.1. The minimum Gasteiger partial charge on any atom is -0.363 e. The monoisotopic (exact) mass is 673 g/mol. The number of nitrogens with one attached hydrogen (secondary N) is 3. The molecule has 2 aliphatic carbocycles. The average Bonchev–Trinajstić information content (AvgIpc) is 3.81. The van der Waals surface area contributed by atoms with Gasteiger partial charge in [0.05, 0.1) is 16.7 Å². The van der Waals surface area contributed by atoms with Crippen LogP contribution >= 0.6 is 0 Å². The molecule has 47 heavy (non-hydrogen) atoms. The molecule has 3 unspecified atom stereocenters. The van der Waals surface area contributed by atoms with E-state index in [1.807, 2.05) is 34.6 Å². The molecule has 6 atom stereocenters. The lowest BCUT2D eigenvalue weighted by Gasteiger charge is -2.38. The SMILES string of the molecule is CC(C)(C)C(CS(=O)(=O)c1ccccc1)NC(=O)N[C@H](C(=O)N1C[C@H]2C([C@H]1C(=O)NC(CC1CC1)C(=O)C(N)=O)C2(C)C)C(C)(C)C. The molecule has 12 nitrogen and oxygen atoms in total. The van der Waals surface area contributed by atoms with Crippen molar-refractivity contribution in [2.24, 2.45) is 39.7 Å². The van der Waals surface area contributed by atoms with Gasteiger partial charge in [-0.05, 0) is 52.6 Å². The molecule has 0 spiro atoms. The predicted octanol–water partition coefficient (Wildman–Crippen LogP) is 2.41. The summed E-state index contributed by atoms with van der Waals surface area (Å²) in [4.78, 5) is 67.7. The van der Waals surface area contributed by atoms with Crippen molar-refractivity contribution in [1.29, 1.82) is 0 Å². The zero-order valence-electron chi connectivity index (χ0n) is 28.8. The van der Waals surface area contributed by atoms with Gasteiger partial charge in [0.25, 0.3) is 5.91 Å². The van der Waals surface area contributed by atoms with Crippen LogP contribution in [0.2, 0.25) is 0 Å². The van der Waals surface area contributed by atoms with Gasteiger partial charge in [-0.3, -0.25) is 19.2 Å². The maximum absolute atomic E-state index is 14.3. The Balaban J connectivity index is 1.54. The van der Waals surface area contributed by atoms with Crippen molar-refractivity contribution >= 4 is 39.4 Å². The third-order valence-corrected chi connectivity index (χ3v) is 11.9. The van der Waals surface area contributed by atoms with Crippen molar-refractivity contribution in [2.45, 2.75) is 104 Å². The van der Waals surface area contributed by atoms with E-state index < -0.39 is 74.4 Å². The van der Waals surface area contributed by atoms with Crippen molar-refractivity contribution in [2.75, 3.05) is 12.3 Å². The standard InChI is InChI=1S/C34H51N5O7S/c1-32(2,3)23(18-47(45,46)20-12-10-9-11-13-20)37-31(44)38-27(33(4,5)6)30(43)39-17-21-24(34(21,7)8)25(39)29(42)36-22(16-19-14-15-19)26(40)28(35)41/h9-13,19,21-25,27H,14-18H2,1-8H3,(H2,35,41)(H,36,42)(H2,37,38,44)/t21-,22?,23?,24?,25-,27+/m0/s1. The number of nitrogens with two attached hydrogens (primary N) is 1. The van der Waals surface area contributed by atoms with Gasteiger partial charge in [0.2, 0.25) is 17.6 Å². The highest BCUT2D eigenvalue weighted by molar-refractivity contribution is 7.91. The number of rotatable bonds is 12. The van der Waals surface area contributed by atoms with Crippen molar-refractivity contribution in [1.82, 2.24) is 20.9 Å². The van der Waals surface area contributed by atoms with Crippen LogP contribution in [0.1, 0.15) is 74.7 Å². The summed E-state index contributed by atoms with van der Waals surface area (Å²) in [7, 11) is -3.74. The van der Waals surface area contributed by atoms with Gasteiger partial charge in [0.1, 0.15) is 12.1 Å². The zero-order chi connectivity index (χ0) is 35.3. The molecular weight excluding hydrogens is 622 g/mol. The molecule has 5 amide bonds. The van der Waals surface area contributed by atoms with Crippen molar-refractivity contribution < 1.29 is 32.4 Å². The fourth-order valence-electron chi connectivity index (χ4n) is 6.76. The fourth-order valence-corrected chi connectivity index (χ4v) is 8.54. The Morgan fingerprint density at radius 2 is 1.53 bits per heavy atom. The molecular formula is C34H51N5O7S. The Bertz CT molecular complexity index is 1510. The molecule has 1 aromatic carbocycles. The molecule has 1 heterocycles. The number of primary amides is 1. The van der Waals surface area contributed by atoms with Crippen LogP contribution in [0.5, 0.6) is 0 Å². The topological polar surface area (TPSA) is 185 Å². The number of fused-ring (bicyclic) bond motifs is 1. The van der Waals surface area contributed by atoms with E-state index in [4.69, 9.17) is 5.73 Å². The summed E-state index contributed by atoms with van der Waals surface area (Å²) in [5.41, 5.74) is 3.64. The molecule has 2 saturated carbocycles. The van der Waals surface area contributed by atoms with Crippen molar-refractivity contribution in [3.05, 3.63) is 30.3 Å². The summed E-state index contributed by atoms with van der Waals surface area (Å²) in [6.07, 6.45) is 2.12. The summed E-state index contributed by atoms with van der Waals surface area (Å²) < 4.78 is 26.4. The van der Waals surface area contributed by atoms with Crippen LogP contribution in [0.3, 0.4) is 0 Å². The molecule has 5 N–H and O–H groups in total. The number of carbonyl (C=O) groups excluding carboxylic acids is 5. The highest BCUT2D eigenvalue weighted by atomic mass is 32.2. The van der Waals surface area contributed by atoms with Gasteiger partial charge in [-0.1, -0.05) is 86.4 Å². The minimum atomic E-state index is -3.74. The normalized spacial score (nSPS) is 23.9. The van der Waals surface area contributed by atoms with Crippen LogP contribution in [0.15, 0.2) is 35.2 Å². The van der Waals surface area contributed by atoms with E-state index in [2.05, 4.69) is 16.0 Å². The number of ketones is 1. The number of benzene rings is 1. The second-order valence-corrected chi connectivity index (χ2v) is 18.3. The zero-order valence-corrected chi connectivity index (χ0v) is 29.6. The van der Waals surface area contributed by atoms with E-state index in [0.29, 0.717) is 13.0 Å². The second kappa shape index (κ2) is 12.9. The van der Waals surface area contributed by atoms with Gasteiger partial charge in [0.15, 0.2) is 9.84 Å². The van der Waals surface area contributed by atoms with Crippen molar-refractivity contribution in [3.8, 4) is 0 Å². The Kier molecular flexibility index (Phi) is 9.94. The number of likely N-dealkylation sites (tertiary alicyclic amines) is 1. The highest BCUT2D eigenvalue weighted by Crippen LogP contribution is 2.65. The number of amides is 5. The summed E-state index contributed by atoms with van der Waals surface area (Å²) in [5.74, 6) is -3.20. The third kappa shape index (κ3) is 8.16. The first kappa shape index (κ1) is 36.4. The number of carbonyl (C=O) groups is 5. The van der Waals surface area contributed by atoms with Crippen LogP contribution in [0.25, 0.3) is 0 Å². The van der Waals surface area contributed by atoms with E-state index in [1.54, 1.807) is 39.0 Å². The lowest BCUT2D eigenvalue weighted by atomic mass is 9.85. The van der Waals surface area contributed by atoms with Gasteiger partial charge in [-0.25, -0.2) is 13.2 Å². The number of nitrogens with zero attached hydrogens (tertiary/aromatic N) is 1. The molecule has 1 saturated heterocycles. The molecule has 1 aliphatic heterocycles. The largest absolute Gasteiger partial charge is 0.363 e. The molecule has 1 aromatic rings. The molecule has 0 bridgehead atoms. The van der Waals surface area contributed by atoms with E-state index in [-0.39, 0.29) is 33.8 Å². The highest BCUT2D eigenvalue weighted by Gasteiger charge is 2.70. The number of urea groups is 1. The first-order valence-electron chi connectivity index (χ1n) is 16.3. The van der Waals surface area contributed by atoms with E-state index in [0.717, 1.165) is 12.8 Å². The molecule has 4 rings (SSSR count). The Morgan fingerprint density at radius 3 is 2.04 bits per heavy atom. The van der Waals surface area contributed by atoms with Gasteiger partial charge in [-0.2, -0.15) is 0 Å². The molecule has 13 heteroatoms. The molecule has 0 aromatic heterocycles. The summed E-state index contributed by atoms with van der Waals surface area (Å²) >= 11 is 0. The number of hydrogen-bond acceptors (Lipinski definition) is 7. The summed E-state index contributed by atoms with van der Waals surface area (Å²) in [5, 5.41) is 8.35. The average molecular weight is 674 g/mol. The second-order valence-electron chi connectivity index (χ2n) is 16.3. The minimum absolute atomic E-state index is 0.0406. The van der Waals surface area contributed by atoms with E-state index in [1.165, 1.54) is 17.0 Å². The van der Waals surface area contributed by atoms with Crippen LogP contribution < -0.4 is 21.7 Å². The first-order valence-corrected chi connectivity index (χ1v) is 18.0.